The molecule has 4 heteroatoms. The van der Waals surface area contributed by atoms with E-state index in [1.807, 2.05) is 17.7 Å². The van der Waals surface area contributed by atoms with Gasteiger partial charge in [-0.15, -0.1) is 0 Å². The van der Waals surface area contributed by atoms with Crippen molar-refractivity contribution in [1.82, 2.24) is 9.55 Å². The second-order valence-corrected chi connectivity index (χ2v) is 3.35. The van der Waals surface area contributed by atoms with Crippen LogP contribution in [-0.2, 0) is 13.0 Å². The van der Waals surface area contributed by atoms with E-state index in [2.05, 4.69) is 4.98 Å². The summed E-state index contributed by atoms with van der Waals surface area (Å²) >= 11 is 0. The molecule has 1 atom stereocenters. The predicted octanol–water partition coefficient (Wildman–Crippen LogP) is 0.579. The molecule has 0 aliphatic carbocycles. The van der Waals surface area contributed by atoms with Crippen molar-refractivity contribution in [2.24, 2.45) is 0 Å². The van der Waals surface area contributed by atoms with Gasteiger partial charge in [-0.05, 0) is 19.8 Å². The van der Waals surface area contributed by atoms with Crippen LogP contribution in [0.4, 0.5) is 0 Å². The van der Waals surface area contributed by atoms with Gasteiger partial charge in [0, 0.05) is 32.0 Å². The minimum atomic E-state index is -0.394. The molecule has 0 saturated heterocycles. The van der Waals surface area contributed by atoms with Gasteiger partial charge in [-0.1, -0.05) is 0 Å². The van der Waals surface area contributed by atoms with Gasteiger partial charge in [0.25, 0.3) is 0 Å². The molecule has 2 N–H and O–H groups in total. The van der Waals surface area contributed by atoms with E-state index in [4.69, 9.17) is 5.11 Å². The fourth-order valence-electron chi connectivity index (χ4n) is 1.46. The summed E-state index contributed by atoms with van der Waals surface area (Å²) in [6, 6.07) is 0. The van der Waals surface area contributed by atoms with E-state index in [-0.39, 0.29) is 6.61 Å². The number of aromatic nitrogens is 2. The molecule has 0 saturated carbocycles. The fraction of sp³-hybridized carbons (Fsp3) is 0.700. The Balaban J connectivity index is 2.42. The summed E-state index contributed by atoms with van der Waals surface area (Å²) in [7, 11) is 0. The summed E-state index contributed by atoms with van der Waals surface area (Å²) in [5, 5.41) is 18.2. The minimum Gasteiger partial charge on any atom is -0.396 e. The zero-order chi connectivity index (χ0) is 10.4. The molecule has 0 aromatic carbocycles. The summed E-state index contributed by atoms with van der Waals surface area (Å²) in [6.45, 7) is 3.06. The Morgan fingerprint density at radius 2 is 2.36 bits per heavy atom. The fourth-order valence-corrected chi connectivity index (χ4v) is 1.46. The lowest BCUT2D eigenvalue weighted by atomic mass is 10.1. The highest BCUT2D eigenvalue weighted by Crippen LogP contribution is 2.06. The molecule has 0 bridgehead atoms. The summed E-state index contributed by atoms with van der Waals surface area (Å²) in [5.41, 5.74) is 0. The van der Waals surface area contributed by atoms with Gasteiger partial charge in [0.2, 0.25) is 0 Å². The highest BCUT2D eigenvalue weighted by molar-refractivity contribution is 4.93. The molecular weight excluding hydrogens is 180 g/mol. The van der Waals surface area contributed by atoms with Crippen LogP contribution in [0.25, 0.3) is 0 Å². The summed E-state index contributed by atoms with van der Waals surface area (Å²) in [4.78, 5) is 4.18. The number of aryl methyl sites for hydroxylation is 1. The molecule has 14 heavy (non-hydrogen) atoms. The molecule has 4 nitrogen and oxygen atoms in total. The Morgan fingerprint density at radius 1 is 1.57 bits per heavy atom. The molecular formula is C10H18N2O2. The molecule has 0 aliphatic rings. The van der Waals surface area contributed by atoms with Crippen LogP contribution in [0.15, 0.2) is 12.4 Å². The van der Waals surface area contributed by atoms with Crippen molar-refractivity contribution in [1.29, 1.82) is 0 Å². The van der Waals surface area contributed by atoms with Gasteiger partial charge < -0.3 is 14.8 Å². The molecule has 1 aromatic heterocycles. The number of aliphatic hydroxyl groups excluding tert-OH is 2. The van der Waals surface area contributed by atoms with E-state index in [1.54, 1.807) is 6.20 Å². The standard InChI is InChI=1S/C10H18N2O2/c1-2-12-6-5-11-10(12)8-9(14)4-3-7-13/h5-6,9,13-14H,2-4,7-8H2,1H3. The van der Waals surface area contributed by atoms with E-state index >= 15 is 0 Å². The van der Waals surface area contributed by atoms with Crippen LogP contribution in [-0.4, -0.2) is 32.5 Å². The summed E-state index contributed by atoms with van der Waals surface area (Å²) in [5.74, 6) is 0.915. The Hall–Kier alpha value is -0.870. The molecule has 1 unspecified atom stereocenters. The molecule has 0 aliphatic heterocycles. The Kier molecular flexibility index (Phi) is 4.62. The maximum Gasteiger partial charge on any atom is 0.111 e. The first-order valence-electron chi connectivity index (χ1n) is 5.06. The second-order valence-electron chi connectivity index (χ2n) is 3.35. The average molecular weight is 198 g/mol. The van der Waals surface area contributed by atoms with Crippen molar-refractivity contribution in [3.63, 3.8) is 0 Å². The quantitative estimate of drug-likeness (QED) is 0.703. The maximum absolute atomic E-state index is 9.61. The van der Waals surface area contributed by atoms with E-state index in [9.17, 15) is 5.11 Å². The van der Waals surface area contributed by atoms with Crippen LogP contribution in [0.1, 0.15) is 25.6 Å². The second kappa shape index (κ2) is 5.78. The molecule has 0 amide bonds. The number of imidazole rings is 1. The SMILES string of the molecule is CCn1ccnc1CC(O)CCCO. The Bertz CT molecular complexity index is 260. The van der Waals surface area contributed by atoms with E-state index in [0.717, 1.165) is 12.4 Å². The number of nitrogens with zero attached hydrogens (tertiary/aromatic N) is 2. The van der Waals surface area contributed by atoms with Crippen molar-refractivity contribution < 1.29 is 10.2 Å². The Labute approximate surface area is 84.2 Å². The summed E-state index contributed by atoms with van der Waals surface area (Å²) < 4.78 is 2.02. The van der Waals surface area contributed by atoms with Crippen molar-refractivity contribution in [3.8, 4) is 0 Å². The van der Waals surface area contributed by atoms with Gasteiger partial charge in [0.1, 0.15) is 5.82 Å². The summed E-state index contributed by atoms with van der Waals surface area (Å²) in [6.07, 6.45) is 5.11. The maximum atomic E-state index is 9.61. The van der Waals surface area contributed by atoms with Gasteiger partial charge in [0.15, 0.2) is 0 Å². The number of aliphatic hydroxyl groups is 2. The van der Waals surface area contributed by atoms with Crippen LogP contribution < -0.4 is 0 Å². The molecule has 1 aromatic rings. The van der Waals surface area contributed by atoms with E-state index in [0.29, 0.717) is 19.3 Å². The van der Waals surface area contributed by atoms with Crippen LogP contribution in [0.2, 0.25) is 0 Å². The van der Waals surface area contributed by atoms with Gasteiger partial charge in [-0.3, -0.25) is 0 Å². The normalized spacial score (nSPS) is 13.1. The minimum absolute atomic E-state index is 0.138. The molecule has 0 radical (unpaired) electrons. The third-order valence-corrected chi connectivity index (χ3v) is 2.26. The van der Waals surface area contributed by atoms with Crippen molar-refractivity contribution in [3.05, 3.63) is 18.2 Å². The number of hydrogen-bond donors (Lipinski definition) is 2. The lowest BCUT2D eigenvalue weighted by Gasteiger charge is -2.10. The molecule has 1 rings (SSSR count). The lowest BCUT2D eigenvalue weighted by Crippen LogP contribution is -2.14. The zero-order valence-corrected chi connectivity index (χ0v) is 8.56. The van der Waals surface area contributed by atoms with Crippen molar-refractivity contribution >= 4 is 0 Å². The van der Waals surface area contributed by atoms with E-state index < -0.39 is 6.10 Å². The monoisotopic (exact) mass is 198 g/mol. The van der Waals surface area contributed by atoms with Crippen LogP contribution in [0.3, 0.4) is 0 Å². The number of rotatable bonds is 6. The third kappa shape index (κ3) is 3.12. The van der Waals surface area contributed by atoms with Gasteiger partial charge in [-0.25, -0.2) is 4.98 Å². The first-order chi connectivity index (χ1) is 6.77. The molecule has 0 fully saturated rings. The lowest BCUT2D eigenvalue weighted by molar-refractivity contribution is 0.147. The molecule has 0 spiro atoms. The van der Waals surface area contributed by atoms with Gasteiger partial charge in [-0.2, -0.15) is 0 Å². The highest BCUT2D eigenvalue weighted by atomic mass is 16.3. The van der Waals surface area contributed by atoms with Crippen LogP contribution >= 0.6 is 0 Å². The topological polar surface area (TPSA) is 58.3 Å². The smallest absolute Gasteiger partial charge is 0.111 e. The Morgan fingerprint density at radius 3 is 3.00 bits per heavy atom. The largest absolute Gasteiger partial charge is 0.396 e. The van der Waals surface area contributed by atoms with Crippen molar-refractivity contribution in [2.45, 2.75) is 38.8 Å². The first-order valence-corrected chi connectivity index (χ1v) is 5.06. The predicted molar refractivity (Wildman–Crippen MR) is 53.9 cm³/mol. The third-order valence-electron chi connectivity index (χ3n) is 2.26. The van der Waals surface area contributed by atoms with Crippen molar-refractivity contribution in [2.75, 3.05) is 6.61 Å². The average Bonchev–Trinajstić information content (AvgIpc) is 2.62. The zero-order valence-electron chi connectivity index (χ0n) is 8.56. The molecule has 80 valence electrons. The van der Waals surface area contributed by atoms with Gasteiger partial charge in [0.05, 0.1) is 6.10 Å². The van der Waals surface area contributed by atoms with Gasteiger partial charge >= 0.3 is 0 Å². The van der Waals surface area contributed by atoms with E-state index in [1.165, 1.54) is 0 Å². The first kappa shape index (κ1) is 11.2. The molecule has 1 heterocycles. The van der Waals surface area contributed by atoms with Crippen LogP contribution in [0.5, 0.6) is 0 Å². The highest BCUT2D eigenvalue weighted by Gasteiger charge is 2.08. The number of hydrogen-bond acceptors (Lipinski definition) is 3. The van der Waals surface area contributed by atoms with Crippen LogP contribution in [0, 0.1) is 0 Å².